The van der Waals surface area contributed by atoms with E-state index >= 15 is 0 Å². The molecule has 0 spiro atoms. The van der Waals surface area contributed by atoms with Crippen molar-refractivity contribution in [2.24, 2.45) is 0 Å². The molecule has 1 atom stereocenters. The van der Waals surface area contributed by atoms with Gasteiger partial charge >= 0.3 is 0 Å². The Morgan fingerprint density at radius 1 is 1.22 bits per heavy atom. The van der Waals surface area contributed by atoms with Crippen LogP contribution in [0.5, 0.6) is 0 Å². The molecule has 3 rings (SSSR count). The van der Waals surface area contributed by atoms with Crippen molar-refractivity contribution in [3.05, 3.63) is 46.1 Å². The van der Waals surface area contributed by atoms with Gasteiger partial charge in [0.25, 0.3) is 0 Å². The zero-order valence-electron chi connectivity index (χ0n) is 10.0. The van der Waals surface area contributed by atoms with E-state index in [0.717, 1.165) is 26.3 Å². The first-order chi connectivity index (χ1) is 8.86. The van der Waals surface area contributed by atoms with E-state index in [1.807, 2.05) is 11.8 Å². The lowest BCUT2D eigenvalue weighted by Crippen LogP contribution is -2.36. The third-order valence-electron chi connectivity index (χ3n) is 3.26. The Morgan fingerprint density at radius 3 is 2.72 bits per heavy atom. The molecular weight excluding hydrogens is 310 g/mol. The number of nitrogens with zero attached hydrogens (tertiary/aromatic N) is 1. The average molecular weight is 325 g/mol. The molecule has 1 aromatic carbocycles. The molecule has 2 aliphatic heterocycles. The van der Waals surface area contributed by atoms with Gasteiger partial charge < -0.3 is 9.64 Å². The molecule has 2 aliphatic rings. The second-order valence-electron chi connectivity index (χ2n) is 4.36. The highest BCUT2D eigenvalue weighted by Crippen LogP contribution is 2.49. The minimum atomic E-state index is 0.407. The van der Waals surface area contributed by atoms with Crippen LogP contribution in [0.2, 0.25) is 0 Å². The van der Waals surface area contributed by atoms with Crippen LogP contribution in [0.4, 0.5) is 5.69 Å². The summed E-state index contributed by atoms with van der Waals surface area (Å²) in [5.74, 6) is 0. The van der Waals surface area contributed by atoms with E-state index < -0.39 is 0 Å². The van der Waals surface area contributed by atoms with Gasteiger partial charge in [-0.1, -0.05) is 40.2 Å². The molecule has 0 saturated carbocycles. The number of benzene rings is 1. The summed E-state index contributed by atoms with van der Waals surface area (Å²) in [5, 5.41) is 2.56. The van der Waals surface area contributed by atoms with Gasteiger partial charge in [0.1, 0.15) is 0 Å². The predicted octanol–water partition coefficient (Wildman–Crippen LogP) is 3.75. The molecule has 2 heterocycles. The Labute approximate surface area is 121 Å². The molecule has 1 fully saturated rings. The van der Waals surface area contributed by atoms with E-state index in [4.69, 9.17) is 4.74 Å². The average Bonchev–Trinajstić information content (AvgIpc) is 2.86. The quantitative estimate of drug-likeness (QED) is 0.822. The molecule has 0 bridgehead atoms. The lowest BCUT2D eigenvalue weighted by atomic mass is 10.1. The maximum Gasteiger partial charge on any atom is 0.0810 e. The molecule has 4 heteroatoms. The van der Waals surface area contributed by atoms with E-state index in [1.165, 1.54) is 16.1 Å². The summed E-state index contributed by atoms with van der Waals surface area (Å²) in [7, 11) is 0. The van der Waals surface area contributed by atoms with Crippen molar-refractivity contribution in [1.82, 2.24) is 0 Å². The summed E-state index contributed by atoms with van der Waals surface area (Å²) in [6, 6.07) is 8.70. The van der Waals surface area contributed by atoms with E-state index in [2.05, 4.69) is 56.6 Å². The highest BCUT2D eigenvalue weighted by atomic mass is 79.9. The minimum Gasteiger partial charge on any atom is -0.378 e. The number of hydrogen-bond acceptors (Lipinski definition) is 3. The number of hydrogen-bond donors (Lipinski definition) is 0. The molecule has 1 radical (unpaired) electrons. The Bertz CT molecular complexity index is 445. The first-order valence-electron chi connectivity index (χ1n) is 6.12. The normalized spacial score (nSPS) is 24.7. The summed E-state index contributed by atoms with van der Waals surface area (Å²) in [6.45, 7) is 3.63. The van der Waals surface area contributed by atoms with Gasteiger partial charge in [-0.05, 0) is 17.0 Å². The van der Waals surface area contributed by atoms with Crippen LogP contribution in [-0.4, -0.2) is 26.3 Å². The van der Waals surface area contributed by atoms with Gasteiger partial charge in [-0.15, -0.1) is 11.8 Å². The van der Waals surface area contributed by atoms with Gasteiger partial charge in [0.15, 0.2) is 0 Å². The number of allylic oxidation sites excluding steroid dienone is 1. The van der Waals surface area contributed by atoms with E-state index in [9.17, 15) is 0 Å². The molecular formula is C14H15BrNOS. The van der Waals surface area contributed by atoms with Crippen molar-refractivity contribution in [2.45, 2.75) is 5.25 Å². The predicted molar refractivity (Wildman–Crippen MR) is 81.1 cm³/mol. The monoisotopic (exact) mass is 324 g/mol. The number of anilines is 1. The fourth-order valence-corrected chi connectivity index (χ4v) is 4.17. The highest BCUT2D eigenvalue weighted by molar-refractivity contribution is 9.11. The molecule has 1 aromatic rings. The zero-order chi connectivity index (χ0) is 12.4. The number of halogens is 1. The fraction of sp³-hybridized carbons (Fsp3) is 0.357. The van der Waals surface area contributed by atoms with Gasteiger partial charge in [0.05, 0.1) is 23.3 Å². The Kier molecular flexibility index (Phi) is 3.97. The lowest BCUT2D eigenvalue weighted by Gasteiger charge is -2.32. The number of morpholine rings is 1. The minimum absolute atomic E-state index is 0.407. The van der Waals surface area contributed by atoms with Crippen molar-refractivity contribution < 1.29 is 4.74 Å². The van der Waals surface area contributed by atoms with E-state index in [1.54, 1.807) is 0 Å². The number of rotatable bonds is 2. The second-order valence-corrected chi connectivity index (χ2v) is 6.29. The molecule has 0 aliphatic carbocycles. The molecule has 18 heavy (non-hydrogen) atoms. The van der Waals surface area contributed by atoms with Crippen LogP contribution in [0.3, 0.4) is 0 Å². The van der Waals surface area contributed by atoms with Crippen molar-refractivity contribution in [3.63, 3.8) is 0 Å². The van der Waals surface area contributed by atoms with Gasteiger partial charge in [-0.2, -0.15) is 0 Å². The molecule has 95 valence electrons. The first-order valence-corrected chi connectivity index (χ1v) is 7.86. The maximum absolute atomic E-state index is 5.43. The second kappa shape index (κ2) is 5.68. The summed E-state index contributed by atoms with van der Waals surface area (Å²) in [6.07, 6.45) is 2.14. The van der Waals surface area contributed by atoms with E-state index in [0.29, 0.717) is 5.25 Å². The summed E-state index contributed by atoms with van der Waals surface area (Å²) in [4.78, 5) is 3.69. The zero-order valence-corrected chi connectivity index (χ0v) is 12.4. The molecule has 0 N–H and O–H groups in total. The number of ether oxygens (including phenoxy) is 1. The van der Waals surface area contributed by atoms with Crippen molar-refractivity contribution in [1.29, 1.82) is 0 Å². The standard InChI is InChI=1S/C14H15BrNOS/c15-12-5-10-18-14(12)11-3-1-2-4-13(11)16-6-8-17-9-7-16/h1-5,10,14H,6-9H2. The van der Waals surface area contributed by atoms with Crippen LogP contribution in [0.25, 0.3) is 0 Å². The van der Waals surface area contributed by atoms with Gasteiger partial charge in [-0.25, -0.2) is 0 Å². The highest BCUT2D eigenvalue weighted by Gasteiger charge is 2.27. The van der Waals surface area contributed by atoms with Crippen molar-refractivity contribution in [2.75, 3.05) is 31.2 Å². The van der Waals surface area contributed by atoms with E-state index in [-0.39, 0.29) is 0 Å². The molecule has 0 aromatic heterocycles. The summed E-state index contributed by atoms with van der Waals surface area (Å²) < 4.78 is 5.43. The van der Waals surface area contributed by atoms with Crippen LogP contribution >= 0.6 is 27.7 Å². The van der Waals surface area contributed by atoms with Crippen LogP contribution in [0.1, 0.15) is 10.8 Å². The van der Waals surface area contributed by atoms with Crippen LogP contribution in [0, 0.1) is 4.83 Å². The maximum atomic E-state index is 5.43. The van der Waals surface area contributed by atoms with Crippen LogP contribution in [0.15, 0.2) is 35.7 Å². The molecule has 1 unspecified atom stereocenters. The SMILES string of the molecule is Br[C]1C=CSC1c1ccccc1N1CCOCC1. The number of thioether (sulfide) groups is 1. The third kappa shape index (κ3) is 2.46. The fourth-order valence-electron chi connectivity index (χ4n) is 2.36. The Hall–Kier alpha value is -0.450. The smallest absolute Gasteiger partial charge is 0.0810 e. The van der Waals surface area contributed by atoms with Crippen molar-refractivity contribution >= 4 is 33.4 Å². The lowest BCUT2D eigenvalue weighted by molar-refractivity contribution is 0.122. The molecule has 1 saturated heterocycles. The number of para-hydroxylation sites is 1. The Balaban J connectivity index is 1.89. The van der Waals surface area contributed by atoms with Crippen LogP contribution in [-0.2, 0) is 4.74 Å². The Morgan fingerprint density at radius 2 is 2.00 bits per heavy atom. The summed E-state index contributed by atoms with van der Waals surface area (Å²) >= 11 is 5.52. The topological polar surface area (TPSA) is 12.5 Å². The molecule has 2 nitrogen and oxygen atoms in total. The van der Waals surface area contributed by atoms with Gasteiger partial charge in [0, 0.05) is 18.8 Å². The molecule has 0 amide bonds. The van der Waals surface area contributed by atoms with Crippen LogP contribution < -0.4 is 4.90 Å². The van der Waals surface area contributed by atoms with Gasteiger partial charge in [-0.3, -0.25) is 0 Å². The van der Waals surface area contributed by atoms with Gasteiger partial charge in [0.2, 0.25) is 0 Å². The summed E-state index contributed by atoms with van der Waals surface area (Å²) in [5.41, 5.74) is 2.74. The third-order valence-corrected chi connectivity index (χ3v) is 5.36. The first kappa shape index (κ1) is 12.6. The van der Waals surface area contributed by atoms with Crippen molar-refractivity contribution in [3.8, 4) is 0 Å². The largest absolute Gasteiger partial charge is 0.378 e.